The molecule has 0 bridgehead atoms. The molecule has 0 heterocycles. The SMILES string of the molecule is CCCCCCOc1ccc2cc(OCCCCCCOc3ccc(-c4ccc(C#N)c(F)c4)cc3)ccc2c1. The molecule has 5 heteroatoms. The molecule has 0 aliphatic rings. The van der Waals surface area contributed by atoms with Gasteiger partial charge in [0.2, 0.25) is 0 Å². The van der Waals surface area contributed by atoms with E-state index in [2.05, 4.69) is 31.2 Å². The van der Waals surface area contributed by atoms with Crippen molar-refractivity contribution >= 4 is 10.8 Å². The lowest BCUT2D eigenvalue weighted by Crippen LogP contribution is -2.00. The zero-order valence-corrected chi connectivity index (χ0v) is 23.3. The summed E-state index contributed by atoms with van der Waals surface area (Å²) in [7, 11) is 0. The zero-order chi connectivity index (χ0) is 28.0. The van der Waals surface area contributed by atoms with Crippen LogP contribution in [0.25, 0.3) is 21.9 Å². The van der Waals surface area contributed by atoms with Gasteiger partial charge in [0.1, 0.15) is 29.1 Å². The average molecular weight is 540 g/mol. The van der Waals surface area contributed by atoms with E-state index in [-0.39, 0.29) is 5.56 Å². The number of hydrogen-bond acceptors (Lipinski definition) is 4. The molecule has 0 radical (unpaired) electrons. The Bertz CT molecular complexity index is 1390. The number of halogens is 1. The molecule has 0 saturated heterocycles. The number of ether oxygens (including phenoxy) is 3. The molecule has 4 aromatic rings. The first kappa shape index (κ1) is 29.0. The van der Waals surface area contributed by atoms with Gasteiger partial charge in [0, 0.05) is 0 Å². The molecule has 0 unspecified atom stereocenters. The molecule has 0 fully saturated rings. The Balaban J connectivity index is 1.10. The van der Waals surface area contributed by atoms with Gasteiger partial charge in [0.25, 0.3) is 0 Å². The van der Waals surface area contributed by atoms with Gasteiger partial charge in [-0.05, 0) is 103 Å². The molecule has 0 spiro atoms. The number of rotatable bonds is 16. The molecule has 0 aliphatic carbocycles. The fourth-order valence-electron chi connectivity index (χ4n) is 4.57. The molecule has 0 atom stereocenters. The van der Waals surface area contributed by atoms with E-state index in [4.69, 9.17) is 19.5 Å². The Morgan fingerprint density at radius 2 is 1.07 bits per heavy atom. The van der Waals surface area contributed by atoms with Crippen LogP contribution in [0.4, 0.5) is 4.39 Å². The van der Waals surface area contributed by atoms with Crippen LogP contribution in [0.15, 0.2) is 78.9 Å². The van der Waals surface area contributed by atoms with Crippen LogP contribution in [0.2, 0.25) is 0 Å². The minimum Gasteiger partial charge on any atom is -0.494 e. The number of hydrogen-bond donors (Lipinski definition) is 0. The van der Waals surface area contributed by atoms with Gasteiger partial charge in [-0.25, -0.2) is 4.39 Å². The number of fused-ring (bicyclic) bond motifs is 1. The normalized spacial score (nSPS) is 10.8. The summed E-state index contributed by atoms with van der Waals surface area (Å²) in [6.07, 6.45) is 8.96. The summed E-state index contributed by atoms with van der Waals surface area (Å²) >= 11 is 0. The summed E-state index contributed by atoms with van der Waals surface area (Å²) in [4.78, 5) is 0. The molecule has 0 N–H and O–H groups in total. The highest BCUT2D eigenvalue weighted by atomic mass is 19.1. The highest BCUT2D eigenvalue weighted by molar-refractivity contribution is 5.85. The van der Waals surface area contributed by atoms with Crippen LogP contribution in [0.1, 0.15) is 63.9 Å². The van der Waals surface area contributed by atoms with Crippen LogP contribution in [-0.4, -0.2) is 19.8 Å². The predicted octanol–water partition coefficient (Wildman–Crippen LogP) is 9.49. The Hall–Kier alpha value is -4.04. The molecule has 0 amide bonds. The molecule has 0 saturated carbocycles. The topological polar surface area (TPSA) is 51.5 Å². The van der Waals surface area contributed by atoms with Crippen molar-refractivity contribution in [2.24, 2.45) is 0 Å². The van der Waals surface area contributed by atoms with E-state index in [0.717, 1.165) is 77.9 Å². The van der Waals surface area contributed by atoms with Gasteiger partial charge in [-0.3, -0.25) is 0 Å². The first-order valence-electron chi connectivity index (χ1n) is 14.4. The summed E-state index contributed by atoms with van der Waals surface area (Å²) in [5, 5.41) is 11.2. The van der Waals surface area contributed by atoms with Gasteiger partial charge >= 0.3 is 0 Å². The van der Waals surface area contributed by atoms with Gasteiger partial charge in [-0.1, -0.05) is 56.5 Å². The minimum absolute atomic E-state index is 0.0527. The average Bonchev–Trinajstić information content (AvgIpc) is 2.98. The Kier molecular flexibility index (Phi) is 11.2. The minimum atomic E-state index is -0.504. The second-order valence-corrected chi connectivity index (χ2v) is 10.0. The van der Waals surface area contributed by atoms with Crippen molar-refractivity contribution < 1.29 is 18.6 Å². The lowest BCUT2D eigenvalue weighted by atomic mass is 10.0. The monoisotopic (exact) mass is 539 g/mol. The summed E-state index contributed by atoms with van der Waals surface area (Å²) in [5.74, 6) is 2.12. The number of unbranched alkanes of at least 4 members (excludes halogenated alkanes) is 6. The van der Waals surface area contributed by atoms with Crippen LogP contribution < -0.4 is 14.2 Å². The fourth-order valence-corrected chi connectivity index (χ4v) is 4.57. The van der Waals surface area contributed by atoms with Gasteiger partial charge in [-0.2, -0.15) is 5.26 Å². The van der Waals surface area contributed by atoms with Gasteiger partial charge < -0.3 is 14.2 Å². The lowest BCUT2D eigenvalue weighted by Gasteiger charge is -2.10. The van der Waals surface area contributed by atoms with Crippen molar-refractivity contribution in [3.63, 3.8) is 0 Å². The number of nitrogens with zero attached hydrogens (tertiary/aromatic N) is 1. The first-order chi connectivity index (χ1) is 19.7. The molecular formula is C35H38FNO3. The summed E-state index contributed by atoms with van der Waals surface area (Å²) in [6.45, 7) is 4.34. The third-order valence-corrected chi connectivity index (χ3v) is 6.90. The number of benzene rings is 4. The molecule has 4 nitrogen and oxygen atoms in total. The van der Waals surface area contributed by atoms with Gasteiger partial charge in [0.15, 0.2) is 0 Å². The molecule has 40 heavy (non-hydrogen) atoms. The van der Waals surface area contributed by atoms with E-state index in [9.17, 15) is 4.39 Å². The molecule has 208 valence electrons. The van der Waals surface area contributed by atoms with Crippen LogP contribution in [0, 0.1) is 17.1 Å². The third kappa shape index (κ3) is 8.74. The third-order valence-electron chi connectivity index (χ3n) is 6.90. The molecular weight excluding hydrogens is 501 g/mol. The second kappa shape index (κ2) is 15.5. The summed E-state index contributed by atoms with van der Waals surface area (Å²) in [5.41, 5.74) is 1.67. The van der Waals surface area contributed by atoms with E-state index >= 15 is 0 Å². The quantitative estimate of drug-likeness (QED) is 0.133. The first-order valence-corrected chi connectivity index (χ1v) is 14.4. The van der Waals surface area contributed by atoms with Crippen molar-refractivity contribution in [1.29, 1.82) is 5.26 Å². The lowest BCUT2D eigenvalue weighted by molar-refractivity contribution is 0.288. The number of nitriles is 1. The maximum Gasteiger partial charge on any atom is 0.141 e. The van der Waals surface area contributed by atoms with Crippen molar-refractivity contribution in [2.75, 3.05) is 19.8 Å². The zero-order valence-electron chi connectivity index (χ0n) is 23.3. The standard InChI is InChI=1S/C35H38FNO3/c1-2-3-4-7-21-39-33-18-14-29-24-34(19-15-28(29)23-33)40-22-9-6-5-8-20-38-32-16-12-27(13-17-32)30-10-11-31(26-37)35(36)25-30/h10-19,23-25H,2-9,20-22H2,1H3. The summed E-state index contributed by atoms with van der Waals surface area (Å²) < 4.78 is 31.6. The Morgan fingerprint density at radius 1 is 0.575 bits per heavy atom. The molecule has 0 aromatic heterocycles. The van der Waals surface area contributed by atoms with Crippen LogP contribution in [-0.2, 0) is 0 Å². The Labute approximate surface area is 237 Å². The van der Waals surface area contributed by atoms with Crippen LogP contribution >= 0.6 is 0 Å². The van der Waals surface area contributed by atoms with E-state index < -0.39 is 5.82 Å². The van der Waals surface area contributed by atoms with Gasteiger partial charge in [-0.15, -0.1) is 0 Å². The van der Waals surface area contributed by atoms with E-state index in [1.807, 2.05) is 42.5 Å². The largest absolute Gasteiger partial charge is 0.494 e. The maximum absolute atomic E-state index is 13.9. The molecule has 0 aliphatic heterocycles. The Morgan fingerprint density at radius 3 is 1.60 bits per heavy atom. The predicted molar refractivity (Wildman–Crippen MR) is 160 cm³/mol. The molecule has 4 aromatic carbocycles. The van der Waals surface area contributed by atoms with Crippen LogP contribution in [0.5, 0.6) is 17.2 Å². The van der Waals surface area contributed by atoms with Crippen molar-refractivity contribution in [1.82, 2.24) is 0 Å². The van der Waals surface area contributed by atoms with Crippen molar-refractivity contribution in [2.45, 2.75) is 58.3 Å². The summed E-state index contributed by atoms with van der Waals surface area (Å²) in [6, 6.07) is 26.6. The second-order valence-electron chi connectivity index (χ2n) is 10.0. The van der Waals surface area contributed by atoms with E-state index in [1.165, 1.54) is 31.4 Å². The highest BCUT2D eigenvalue weighted by Gasteiger charge is 2.05. The highest BCUT2D eigenvalue weighted by Crippen LogP contribution is 2.26. The van der Waals surface area contributed by atoms with Crippen molar-refractivity contribution in [3.8, 4) is 34.4 Å². The smallest absolute Gasteiger partial charge is 0.141 e. The van der Waals surface area contributed by atoms with Gasteiger partial charge in [0.05, 0.1) is 25.4 Å². The van der Waals surface area contributed by atoms with Crippen LogP contribution in [0.3, 0.4) is 0 Å². The van der Waals surface area contributed by atoms with Crippen molar-refractivity contribution in [3.05, 3.63) is 90.2 Å². The van der Waals surface area contributed by atoms with E-state index in [0.29, 0.717) is 13.2 Å². The fraction of sp³-hybridized carbons (Fsp3) is 0.343. The maximum atomic E-state index is 13.9. The molecule has 4 rings (SSSR count). The van der Waals surface area contributed by atoms with E-state index in [1.54, 1.807) is 6.07 Å².